The number of nitrogens with one attached hydrogen (secondary N) is 1. The number of halogens is 1. The van der Waals surface area contributed by atoms with E-state index < -0.39 is 0 Å². The number of carbonyl (C=O) groups excluding carboxylic acids is 1. The molecule has 5 nitrogen and oxygen atoms in total. The molecule has 0 spiro atoms. The fourth-order valence-electron chi connectivity index (χ4n) is 3.00. The Morgan fingerprint density at radius 3 is 2.50 bits per heavy atom. The van der Waals surface area contributed by atoms with Crippen LogP contribution in [0.2, 0.25) is 5.02 Å². The number of rotatable bonds is 5. The molecule has 0 radical (unpaired) electrons. The molecule has 2 heterocycles. The molecule has 6 heteroatoms. The Bertz CT molecular complexity index is 518. The van der Waals surface area contributed by atoms with E-state index in [1.165, 1.54) is 0 Å². The molecule has 1 aromatic heterocycles. The molecule has 0 saturated carbocycles. The van der Waals surface area contributed by atoms with E-state index in [-0.39, 0.29) is 11.8 Å². The van der Waals surface area contributed by atoms with Crippen molar-refractivity contribution in [3.05, 3.63) is 16.4 Å². The summed E-state index contributed by atoms with van der Waals surface area (Å²) in [7, 11) is 0. The molecule has 1 aromatic rings. The number of hydrogen-bond donors (Lipinski definition) is 1. The summed E-state index contributed by atoms with van der Waals surface area (Å²) < 4.78 is 1.86. The number of likely N-dealkylation sites (tertiary alicyclic amines) is 1. The van der Waals surface area contributed by atoms with Crippen LogP contribution in [0.3, 0.4) is 0 Å². The van der Waals surface area contributed by atoms with Gasteiger partial charge in [-0.2, -0.15) is 5.10 Å². The average molecular weight is 327 g/mol. The van der Waals surface area contributed by atoms with Gasteiger partial charge in [-0.3, -0.25) is 9.48 Å². The van der Waals surface area contributed by atoms with Crippen LogP contribution in [0.1, 0.15) is 38.1 Å². The number of hydrogen-bond acceptors (Lipinski definition) is 3. The van der Waals surface area contributed by atoms with Gasteiger partial charge in [-0.05, 0) is 53.6 Å². The Labute approximate surface area is 138 Å². The van der Waals surface area contributed by atoms with Crippen LogP contribution < -0.4 is 5.32 Å². The van der Waals surface area contributed by atoms with Gasteiger partial charge >= 0.3 is 0 Å². The van der Waals surface area contributed by atoms with Crippen LogP contribution >= 0.6 is 11.6 Å². The summed E-state index contributed by atoms with van der Waals surface area (Å²) in [5.74, 6) is 0.329. The fourth-order valence-corrected chi connectivity index (χ4v) is 3.14. The van der Waals surface area contributed by atoms with Crippen LogP contribution in [0, 0.1) is 19.8 Å². The molecule has 22 heavy (non-hydrogen) atoms. The van der Waals surface area contributed by atoms with Crippen molar-refractivity contribution in [1.82, 2.24) is 20.0 Å². The van der Waals surface area contributed by atoms with Gasteiger partial charge in [0.2, 0.25) is 5.91 Å². The maximum Gasteiger partial charge on any atom is 0.223 e. The van der Waals surface area contributed by atoms with E-state index in [2.05, 4.69) is 29.2 Å². The van der Waals surface area contributed by atoms with Crippen molar-refractivity contribution < 1.29 is 4.79 Å². The van der Waals surface area contributed by atoms with E-state index in [0.717, 1.165) is 37.3 Å². The number of carbonyl (C=O) groups is 1. The Kier molecular flexibility index (Phi) is 5.87. The first kappa shape index (κ1) is 17.3. The zero-order valence-corrected chi connectivity index (χ0v) is 14.8. The van der Waals surface area contributed by atoms with Gasteiger partial charge in [-0.1, -0.05) is 11.6 Å². The zero-order valence-electron chi connectivity index (χ0n) is 14.0. The van der Waals surface area contributed by atoms with Crippen LogP contribution in [0.15, 0.2) is 0 Å². The smallest absolute Gasteiger partial charge is 0.223 e. The molecule has 2 rings (SSSR count). The molecule has 1 amide bonds. The maximum atomic E-state index is 12.2. The highest BCUT2D eigenvalue weighted by Crippen LogP contribution is 2.20. The molecule has 0 bridgehead atoms. The first-order valence-corrected chi connectivity index (χ1v) is 8.49. The van der Waals surface area contributed by atoms with Crippen molar-refractivity contribution >= 4 is 17.5 Å². The maximum absolute atomic E-state index is 12.2. The van der Waals surface area contributed by atoms with Gasteiger partial charge in [0.1, 0.15) is 0 Å². The van der Waals surface area contributed by atoms with Gasteiger partial charge in [-0.15, -0.1) is 0 Å². The molecule has 0 aliphatic carbocycles. The molecule has 1 N–H and O–H groups in total. The van der Waals surface area contributed by atoms with Crippen molar-refractivity contribution in [3.63, 3.8) is 0 Å². The summed E-state index contributed by atoms with van der Waals surface area (Å²) in [5, 5.41) is 8.13. The topological polar surface area (TPSA) is 50.2 Å². The van der Waals surface area contributed by atoms with Gasteiger partial charge in [0.05, 0.1) is 23.0 Å². The second kappa shape index (κ2) is 7.47. The SMILES string of the molecule is Cc1nn(CCNC(=O)C2CCN(C(C)C)CC2)c(C)c1Cl. The molecule has 1 aliphatic rings. The van der Waals surface area contributed by atoms with Crippen molar-refractivity contribution in [3.8, 4) is 0 Å². The number of piperidine rings is 1. The van der Waals surface area contributed by atoms with Crippen molar-refractivity contribution in [2.45, 2.75) is 53.1 Å². The Hall–Kier alpha value is -1.07. The van der Waals surface area contributed by atoms with Crippen molar-refractivity contribution in [2.24, 2.45) is 5.92 Å². The summed E-state index contributed by atoms with van der Waals surface area (Å²) >= 11 is 6.13. The summed E-state index contributed by atoms with van der Waals surface area (Å²) in [6.45, 7) is 11.6. The predicted octanol–water partition coefficient (Wildman–Crippen LogP) is 2.39. The van der Waals surface area contributed by atoms with E-state index >= 15 is 0 Å². The molecule has 124 valence electrons. The zero-order chi connectivity index (χ0) is 16.3. The van der Waals surface area contributed by atoms with Crippen LogP contribution in [-0.2, 0) is 11.3 Å². The number of aryl methyl sites for hydroxylation is 1. The quantitative estimate of drug-likeness (QED) is 0.904. The standard InChI is InChI=1S/C16H27ClN4O/c1-11(2)20-8-5-14(6-9-20)16(22)18-7-10-21-13(4)15(17)12(3)19-21/h11,14H,5-10H2,1-4H3,(H,18,22). The van der Waals surface area contributed by atoms with Crippen molar-refractivity contribution in [1.29, 1.82) is 0 Å². The Morgan fingerprint density at radius 2 is 2.00 bits per heavy atom. The number of nitrogens with zero attached hydrogens (tertiary/aromatic N) is 3. The summed E-state index contributed by atoms with van der Waals surface area (Å²) in [6, 6.07) is 0.569. The first-order chi connectivity index (χ1) is 10.4. The largest absolute Gasteiger partial charge is 0.354 e. The van der Waals surface area contributed by atoms with Crippen LogP contribution in [0.4, 0.5) is 0 Å². The van der Waals surface area contributed by atoms with E-state index in [4.69, 9.17) is 11.6 Å². The van der Waals surface area contributed by atoms with Gasteiger partial charge in [-0.25, -0.2) is 0 Å². The lowest BCUT2D eigenvalue weighted by Crippen LogP contribution is -2.43. The van der Waals surface area contributed by atoms with Crippen LogP contribution in [0.5, 0.6) is 0 Å². The summed E-state index contributed by atoms with van der Waals surface area (Å²) in [5.41, 5.74) is 1.80. The molecule has 0 aromatic carbocycles. The lowest BCUT2D eigenvalue weighted by molar-refractivity contribution is -0.126. The Morgan fingerprint density at radius 1 is 1.36 bits per heavy atom. The third-order valence-electron chi connectivity index (χ3n) is 4.55. The van der Waals surface area contributed by atoms with E-state index in [1.54, 1.807) is 0 Å². The minimum atomic E-state index is 0.152. The van der Waals surface area contributed by atoms with Gasteiger partial charge in [0, 0.05) is 18.5 Å². The first-order valence-electron chi connectivity index (χ1n) is 8.11. The minimum absolute atomic E-state index is 0.152. The normalized spacial score (nSPS) is 17.2. The summed E-state index contributed by atoms with van der Waals surface area (Å²) in [6.07, 6.45) is 1.91. The highest BCUT2D eigenvalue weighted by Gasteiger charge is 2.25. The highest BCUT2D eigenvalue weighted by molar-refractivity contribution is 6.31. The second-order valence-electron chi connectivity index (χ2n) is 6.40. The predicted molar refractivity (Wildman–Crippen MR) is 89.2 cm³/mol. The third kappa shape index (κ3) is 4.02. The molecule has 0 atom stereocenters. The van der Waals surface area contributed by atoms with E-state index in [0.29, 0.717) is 24.2 Å². The highest BCUT2D eigenvalue weighted by atomic mass is 35.5. The molecular weight excluding hydrogens is 300 g/mol. The van der Waals surface area contributed by atoms with Crippen LogP contribution in [-0.4, -0.2) is 46.3 Å². The van der Waals surface area contributed by atoms with Crippen LogP contribution in [0.25, 0.3) is 0 Å². The fraction of sp³-hybridized carbons (Fsp3) is 0.750. The van der Waals surface area contributed by atoms with E-state index in [1.807, 2.05) is 18.5 Å². The molecule has 0 unspecified atom stereocenters. The van der Waals surface area contributed by atoms with E-state index in [9.17, 15) is 4.79 Å². The monoisotopic (exact) mass is 326 g/mol. The van der Waals surface area contributed by atoms with Gasteiger partial charge in [0.15, 0.2) is 0 Å². The third-order valence-corrected chi connectivity index (χ3v) is 5.09. The van der Waals surface area contributed by atoms with Gasteiger partial charge in [0.25, 0.3) is 0 Å². The second-order valence-corrected chi connectivity index (χ2v) is 6.78. The number of amides is 1. The van der Waals surface area contributed by atoms with Crippen molar-refractivity contribution in [2.75, 3.05) is 19.6 Å². The molecular formula is C16H27ClN4O. The summed E-state index contributed by atoms with van der Waals surface area (Å²) in [4.78, 5) is 14.7. The molecule has 1 aliphatic heterocycles. The Balaban J connectivity index is 1.75. The average Bonchev–Trinajstić information content (AvgIpc) is 2.74. The molecule has 1 saturated heterocycles. The minimum Gasteiger partial charge on any atom is -0.354 e. The number of aromatic nitrogens is 2. The lowest BCUT2D eigenvalue weighted by atomic mass is 9.95. The lowest BCUT2D eigenvalue weighted by Gasteiger charge is -2.33. The van der Waals surface area contributed by atoms with Gasteiger partial charge < -0.3 is 10.2 Å². The molecule has 1 fully saturated rings.